The number of anilines is 1. The summed E-state index contributed by atoms with van der Waals surface area (Å²) in [5.74, 6) is 0.410. The van der Waals surface area contributed by atoms with Crippen molar-refractivity contribution in [3.63, 3.8) is 0 Å². The van der Waals surface area contributed by atoms with Crippen LogP contribution in [-0.4, -0.2) is 42.4 Å². The molecule has 6 heteroatoms. The van der Waals surface area contributed by atoms with Crippen LogP contribution in [0.5, 0.6) is 0 Å². The Hall–Kier alpha value is -2.18. The molecule has 3 rings (SSSR count). The van der Waals surface area contributed by atoms with Gasteiger partial charge in [-0.05, 0) is 75.2 Å². The number of amides is 2. The number of aryl methyl sites for hydroxylation is 1. The molecule has 1 aromatic carbocycles. The van der Waals surface area contributed by atoms with Gasteiger partial charge in [-0.2, -0.15) is 0 Å². The Labute approximate surface area is 177 Å². The third-order valence-electron chi connectivity index (χ3n) is 5.41. The quantitative estimate of drug-likeness (QED) is 0.649. The van der Waals surface area contributed by atoms with Crippen LogP contribution in [0.2, 0.25) is 0 Å². The van der Waals surface area contributed by atoms with E-state index in [0.29, 0.717) is 36.2 Å². The van der Waals surface area contributed by atoms with Gasteiger partial charge in [0.2, 0.25) is 5.91 Å². The lowest BCUT2D eigenvalue weighted by atomic mass is 10.1. The molecule has 1 saturated heterocycles. The number of hydrogen-bond donors (Lipinski definition) is 2. The Balaban J connectivity index is 1.43. The molecule has 1 fully saturated rings. The third-order valence-corrected chi connectivity index (χ3v) is 6.35. The summed E-state index contributed by atoms with van der Waals surface area (Å²) in [6, 6.07) is 11.9. The van der Waals surface area contributed by atoms with Crippen molar-refractivity contribution in [2.45, 2.75) is 45.6 Å². The second-order valence-corrected chi connectivity index (χ2v) is 9.05. The molecule has 2 aromatic rings. The largest absolute Gasteiger partial charge is 0.352 e. The highest BCUT2D eigenvalue weighted by atomic mass is 32.1. The number of nitrogens with zero attached hydrogens (tertiary/aromatic N) is 1. The molecule has 0 radical (unpaired) electrons. The zero-order chi connectivity index (χ0) is 20.6. The first kappa shape index (κ1) is 21.5. The summed E-state index contributed by atoms with van der Waals surface area (Å²) >= 11 is 1.72. The summed E-state index contributed by atoms with van der Waals surface area (Å²) in [7, 11) is 0. The minimum absolute atomic E-state index is 0.0150. The SMILES string of the molecule is CC(C)N1CCC(CNC(=O)c2cccc(NC(=O)CCCc3cccs3)c2)C1. The van der Waals surface area contributed by atoms with Gasteiger partial charge >= 0.3 is 0 Å². The third kappa shape index (κ3) is 6.68. The zero-order valence-corrected chi connectivity index (χ0v) is 18.1. The van der Waals surface area contributed by atoms with Crippen molar-refractivity contribution in [3.8, 4) is 0 Å². The second kappa shape index (κ2) is 10.6. The van der Waals surface area contributed by atoms with Gasteiger partial charge in [-0.15, -0.1) is 11.3 Å². The van der Waals surface area contributed by atoms with Crippen LogP contribution in [0.15, 0.2) is 41.8 Å². The van der Waals surface area contributed by atoms with Crippen molar-refractivity contribution >= 4 is 28.8 Å². The van der Waals surface area contributed by atoms with Crippen LogP contribution in [0, 0.1) is 5.92 Å². The van der Waals surface area contributed by atoms with Crippen molar-refractivity contribution in [2.24, 2.45) is 5.92 Å². The molecule has 2 amide bonds. The highest BCUT2D eigenvalue weighted by molar-refractivity contribution is 7.09. The molecule has 0 aliphatic carbocycles. The maximum atomic E-state index is 12.5. The van der Waals surface area contributed by atoms with Crippen LogP contribution in [0.1, 0.15) is 48.3 Å². The number of benzene rings is 1. The summed E-state index contributed by atoms with van der Waals surface area (Å²) in [4.78, 5) is 28.5. The maximum absolute atomic E-state index is 12.5. The minimum atomic E-state index is -0.0817. The van der Waals surface area contributed by atoms with Gasteiger partial charge in [0.15, 0.2) is 0 Å². The van der Waals surface area contributed by atoms with Gasteiger partial charge in [-0.3, -0.25) is 9.59 Å². The van der Waals surface area contributed by atoms with Crippen LogP contribution < -0.4 is 10.6 Å². The molecule has 0 bridgehead atoms. The van der Waals surface area contributed by atoms with E-state index in [1.54, 1.807) is 23.5 Å². The molecular formula is C23H31N3O2S. The monoisotopic (exact) mass is 413 g/mol. The average molecular weight is 414 g/mol. The van der Waals surface area contributed by atoms with Gasteiger partial charge in [-0.25, -0.2) is 0 Å². The average Bonchev–Trinajstić information content (AvgIpc) is 3.38. The van der Waals surface area contributed by atoms with Crippen LogP contribution in [0.4, 0.5) is 5.69 Å². The summed E-state index contributed by atoms with van der Waals surface area (Å²) in [5.41, 5.74) is 1.26. The summed E-state index contributed by atoms with van der Waals surface area (Å²) in [6.07, 6.45) is 3.34. The topological polar surface area (TPSA) is 61.4 Å². The molecule has 156 valence electrons. The van der Waals surface area contributed by atoms with Crippen molar-refractivity contribution in [1.82, 2.24) is 10.2 Å². The smallest absolute Gasteiger partial charge is 0.251 e. The molecule has 0 saturated carbocycles. The van der Waals surface area contributed by atoms with Crippen LogP contribution in [-0.2, 0) is 11.2 Å². The number of rotatable bonds is 9. The molecule has 2 heterocycles. The Morgan fingerprint density at radius 1 is 1.24 bits per heavy atom. The van der Waals surface area contributed by atoms with E-state index in [4.69, 9.17) is 0 Å². The molecular weight excluding hydrogens is 382 g/mol. The van der Waals surface area contributed by atoms with E-state index in [1.807, 2.05) is 18.2 Å². The minimum Gasteiger partial charge on any atom is -0.352 e. The Morgan fingerprint density at radius 3 is 2.83 bits per heavy atom. The van der Waals surface area contributed by atoms with Crippen LogP contribution in [0.3, 0.4) is 0 Å². The Bertz CT molecular complexity index is 804. The second-order valence-electron chi connectivity index (χ2n) is 8.02. The molecule has 1 aromatic heterocycles. The lowest BCUT2D eigenvalue weighted by molar-refractivity contribution is -0.116. The lowest BCUT2D eigenvalue weighted by Gasteiger charge is -2.20. The molecule has 1 aliphatic rings. The fourth-order valence-electron chi connectivity index (χ4n) is 3.68. The van der Waals surface area contributed by atoms with Gasteiger partial charge in [0.05, 0.1) is 0 Å². The van der Waals surface area contributed by atoms with E-state index in [2.05, 4.69) is 40.8 Å². The van der Waals surface area contributed by atoms with E-state index >= 15 is 0 Å². The number of carbonyl (C=O) groups is 2. The Morgan fingerprint density at radius 2 is 2.10 bits per heavy atom. The van der Waals surface area contributed by atoms with E-state index in [0.717, 1.165) is 32.4 Å². The van der Waals surface area contributed by atoms with Crippen molar-refractivity contribution in [1.29, 1.82) is 0 Å². The fourth-order valence-corrected chi connectivity index (χ4v) is 4.43. The highest BCUT2D eigenvalue weighted by Gasteiger charge is 2.24. The fraction of sp³-hybridized carbons (Fsp3) is 0.478. The lowest BCUT2D eigenvalue weighted by Crippen LogP contribution is -2.33. The van der Waals surface area contributed by atoms with Crippen LogP contribution >= 0.6 is 11.3 Å². The number of thiophene rings is 1. The summed E-state index contributed by atoms with van der Waals surface area (Å²) < 4.78 is 0. The maximum Gasteiger partial charge on any atom is 0.251 e. The summed E-state index contributed by atoms with van der Waals surface area (Å²) in [5, 5.41) is 8.02. The molecule has 1 aliphatic heterocycles. The first-order valence-corrected chi connectivity index (χ1v) is 11.3. The first-order valence-electron chi connectivity index (χ1n) is 10.5. The van der Waals surface area contributed by atoms with E-state index in [9.17, 15) is 9.59 Å². The van der Waals surface area contributed by atoms with Crippen LogP contribution in [0.25, 0.3) is 0 Å². The number of carbonyl (C=O) groups excluding carboxylic acids is 2. The van der Waals surface area contributed by atoms with Crippen molar-refractivity contribution in [3.05, 3.63) is 52.2 Å². The molecule has 1 unspecified atom stereocenters. The normalized spacial score (nSPS) is 16.9. The van der Waals surface area contributed by atoms with Crippen molar-refractivity contribution in [2.75, 3.05) is 25.0 Å². The predicted molar refractivity (Wildman–Crippen MR) is 119 cm³/mol. The molecule has 29 heavy (non-hydrogen) atoms. The number of hydrogen-bond acceptors (Lipinski definition) is 4. The van der Waals surface area contributed by atoms with Gasteiger partial charge in [0.25, 0.3) is 5.91 Å². The van der Waals surface area contributed by atoms with Gasteiger partial charge in [0.1, 0.15) is 0 Å². The zero-order valence-electron chi connectivity index (χ0n) is 17.3. The van der Waals surface area contributed by atoms with Gasteiger partial charge in [0, 0.05) is 41.7 Å². The molecule has 1 atom stereocenters. The number of likely N-dealkylation sites (tertiary alicyclic amines) is 1. The van der Waals surface area contributed by atoms with Gasteiger partial charge in [-0.1, -0.05) is 12.1 Å². The van der Waals surface area contributed by atoms with E-state index in [1.165, 1.54) is 4.88 Å². The predicted octanol–water partition coefficient (Wildman–Crippen LogP) is 4.17. The molecule has 5 nitrogen and oxygen atoms in total. The molecule has 0 spiro atoms. The van der Waals surface area contributed by atoms with E-state index < -0.39 is 0 Å². The van der Waals surface area contributed by atoms with Gasteiger partial charge < -0.3 is 15.5 Å². The first-order chi connectivity index (χ1) is 14.0. The van der Waals surface area contributed by atoms with E-state index in [-0.39, 0.29) is 11.8 Å². The highest BCUT2D eigenvalue weighted by Crippen LogP contribution is 2.18. The summed E-state index contributed by atoms with van der Waals surface area (Å²) in [6.45, 7) is 7.26. The van der Waals surface area contributed by atoms with Crippen molar-refractivity contribution < 1.29 is 9.59 Å². The Kier molecular flexibility index (Phi) is 7.83. The molecule has 2 N–H and O–H groups in total. The standard InChI is InChI=1S/C23H31N3O2S/c1-17(2)26-12-11-18(16-26)15-24-23(28)19-6-3-7-20(14-19)25-22(27)10-4-8-21-9-5-13-29-21/h3,5-7,9,13-14,17-18H,4,8,10-12,15-16H2,1-2H3,(H,24,28)(H,25,27). The number of nitrogens with one attached hydrogen (secondary N) is 2.